The second kappa shape index (κ2) is 10.8. The molecule has 3 N–H and O–H groups in total. The van der Waals surface area contributed by atoms with Crippen molar-refractivity contribution in [3.63, 3.8) is 0 Å². The van der Waals surface area contributed by atoms with Gasteiger partial charge in [0, 0.05) is 6.54 Å². The molecule has 0 fully saturated rings. The number of hydrogen-bond donors (Lipinski definition) is 3. The number of carboxylic acids is 1. The van der Waals surface area contributed by atoms with Crippen LogP contribution in [0.15, 0.2) is 30.3 Å². The average Bonchev–Trinajstić information content (AvgIpc) is 2.58. The first-order valence-electron chi connectivity index (χ1n) is 9.61. The standard InChI is InChI=1S/C21H32N2O7/c1-20(2,3)29-18(26)22-12-15(28-13-14-10-8-7-9-11-14)16(17(24)25)23-19(27)30-21(4,5)6/h7-11,15-16H,12-13H2,1-6H3,(H,22,26)(H,23,27)(H,24,25)/t15-,16-/m0/s1. The van der Waals surface area contributed by atoms with E-state index in [0.717, 1.165) is 5.56 Å². The predicted octanol–water partition coefficient (Wildman–Crippen LogP) is 3.07. The molecule has 30 heavy (non-hydrogen) atoms. The predicted molar refractivity (Wildman–Crippen MR) is 110 cm³/mol. The van der Waals surface area contributed by atoms with Gasteiger partial charge in [0.2, 0.25) is 0 Å². The third kappa shape index (κ3) is 10.7. The second-order valence-electron chi connectivity index (χ2n) is 8.68. The first-order valence-corrected chi connectivity index (χ1v) is 9.61. The molecule has 0 bridgehead atoms. The summed E-state index contributed by atoms with van der Waals surface area (Å²) in [6.45, 7) is 10.00. The summed E-state index contributed by atoms with van der Waals surface area (Å²) in [7, 11) is 0. The number of alkyl carbamates (subject to hydrolysis) is 2. The molecule has 0 heterocycles. The maximum atomic E-state index is 12.1. The molecule has 1 rings (SSSR count). The molecular formula is C21H32N2O7. The normalized spacial score (nSPS) is 13.7. The van der Waals surface area contributed by atoms with Gasteiger partial charge in [0.15, 0.2) is 6.04 Å². The van der Waals surface area contributed by atoms with Gasteiger partial charge in [-0.05, 0) is 47.1 Å². The van der Waals surface area contributed by atoms with Gasteiger partial charge in [-0.3, -0.25) is 0 Å². The zero-order valence-electron chi connectivity index (χ0n) is 18.4. The maximum absolute atomic E-state index is 12.1. The Morgan fingerprint density at radius 2 is 1.47 bits per heavy atom. The Kier molecular flexibility index (Phi) is 9.10. The van der Waals surface area contributed by atoms with E-state index >= 15 is 0 Å². The number of nitrogens with one attached hydrogen (secondary N) is 2. The number of ether oxygens (including phenoxy) is 3. The molecule has 2 atom stereocenters. The molecule has 2 amide bonds. The monoisotopic (exact) mass is 424 g/mol. The Labute approximate surface area is 177 Å². The minimum Gasteiger partial charge on any atom is -0.480 e. The number of rotatable bonds is 8. The van der Waals surface area contributed by atoms with E-state index in [9.17, 15) is 19.5 Å². The number of amides is 2. The highest BCUT2D eigenvalue weighted by atomic mass is 16.6. The summed E-state index contributed by atoms with van der Waals surface area (Å²) < 4.78 is 16.1. The molecule has 168 valence electrons. The molecule has 1 aromatic carbocycles. The van der Waals surface area contributed by atoms with Crippen LogP contribution in [0.2, 0.25) is 0 Å². The summed E-state index contributed by atoms with van der Waals surface area (Å²) in [4.78, 5) is 35.9. The minimum absolute atomic E-state index is 0.0846. The fraction of sp³-hybridized carbons (Fsp3) is 0.571. The van der Waals surface area contributed by atoms with Gasteiger partial charge >= 0.3 is 18.2 Å². The molecular weight excluding hydrogens is 392 g/mol. The number of carbonyl (C=O) groups is 3. The molecule has 0 aliphatic carbocycles. The number of benzene rings is 1. The Bertz CT molecular complexity index is 708. The largest absolute Gasteiger partial charge is 0.480 e. The van der Waals surface area contributed by atoms with Crippen molar-refractivity contribution in [2.75, 3.05) is 6.54 Å². The zero-order chi connectivity index (χ0) is 22.9. The minimum atomic E-state index is -1.46. The lowest BCUT2D eigenvalue weighted by molar-refractivity contribution is -0.144. The number of carbonyl (C=O) groups excluding carboxylic acids is 2. The smallest absolute Gasteiger partial charge is 0.408 e. The van der Waals surface area contributed by atoms with Crippen LogP contribution in [0, 0.1) is 0 Å². The lowest BCUT2D eigenvalue weighted by atomic mass is 10.1. The third-order valence-electron chi connectivity index (χ3n) is 3.46. The molecule has 1 aromatic rings. The van der Waals surface area contributed by atoms with E-state index in [1.165, 1.54) is 0 Å². The van der Waals surface area contributed by atoms with E-state index in [-0.39, 0.29) is 13.2 Å². The highest BCUT2D eigenvalue weighted by Gasteiger charge is 2.33. The molecule has 0 unspecified atom stereocenters. The summed E-state index contributed by atoms with van der Waals surface area (Å²) in [6, 6.07) is 7.65. The van der Waals surface area contributed by atoms with E-state index < -0.39 is 41.5 Å². The van der Waals surface area contributed by atoms with Crippen LogP contribution in [0.5, 0.6) is 0 Å². The van der Waals surface area contributed by atoms with Crippen molar-refractivity contribution in [3.05, 3.63) is 35.9 Å². The van der Waals surface area contributed by atoms with Crippen LogP contribution in [0.1, 0.15) is 47.1 Å². The molecule has 0 aliphatic heterocycles. The quantitative estimate of drug-likeness (QED) is 0.586. The van der Waals surface area contributed by atoms with E-state index in [4.69, 9.17) is 14.2 Å². The van der Waals surface area contributed by atoms with Crippen LogP contribution >= 0.6 is 0 Å². The molecule has 0 saturated heterocycles. The van der Waals surface area contributed by atoms with E-state index in [1.807, 2.05) is 30.3 Å². The van der Waals surface area contributed by atoms with E-state index in [1.54, 1.807) is 41.5 Å². The van der Waals surface area contributed by atoms with Crippen LogP contribution in [-0.2, 0) is 25.6 Å². The summed E-state index contributed by atoms with van der Waals surface area (Å²) in [5.41, 5.74) is -0.713. The number of aliphatic carboxylic acids is 1. The summed E-state index contributed by atoms with van der Waals surface area (Å²) >= 11 is 0. The summed E-state index contributed by atoms with van der Waals surface area (Å²) in [5, 5.41) is 14.4. The van der Waals surface area contributed by atoms with Crippen LogP contribution in [0.4, 0.5) is 9.59 Å². The van der Waals surface area contributed by atoms with Gasteiger partial charge in [0.1, 0.15) is 17.3 Å². The first kappa shape index (κ1) is 25.2. The van der Waals surface area contributed by atoms with Crippen LogP contribution in [0.25, 0.3) is 0 Å². The first-order chi connectivity index (χ1) is 13.8. The van der Waals surface area contributed by atoms with Crippen LogP contribution in [-0.4, -0.2) is 53.2 Å². The van der Waals surface area contributed by atoms with Gasteiger partial charge in [-0.1, -0.05) is 30.3 Å². The average molecular weight is 424 g/mol. The van der Waals surface area contributed by atoms with Crippen molar-refractivity contribution in [2.45, 2.75) is 71.5 Å². The molecule has 9 heteroatoms. The van der Waals surface area contributed by atoms with Crippen molar-refractivity contribution >= 4 is 18.2 Å². The van der Waals surface area contributed by atoms with Gasteiger partial charge < -0.3 is 30.0 Å². The molecule has 0 spiro atoms. The third-order valence-corrected chi connectivity index (χ3v) is 3.46. The fourth-order valence-electron chi connectivity index (χ4n) is 2.30. The van der Waals surface area contributed by atoms with Crippen molar-refractivity contribution in [2.24, 2.45) is 0 Å². The Hall–Kier alpha value is -2.81. The summed E-state index contributed by atoms with van der Waals surface area (Å²) in [6.07, 6.45) is -2.71. The Morgan fingerprint density at radius 1 is 0.933 bits per heavy atom. The topological polar surface area (TPSA) is 123 Å². The van der Waals surface area contributed by atoms with Gasteiger partial charge in [-0.25, -0.2) is 14.4 Å². The number of hydrogen-bond acceptors (Lipinski definition) is 6. The SMILES string of the molecule is CC(C)(C)OC(=O)NC[C@H](OCc1ccccc1)[C@H](NC(=O)OC(C)(C)C)C(=O)O. The van der Waals surface area contributed by atoms with Crippen molar-refractivity contribution in [3.8, 4) is 0 Å². The molecule has 0 aromatic heterocycles. The van der Waals surface area contributed by atoms with Gasteiger partial charge in [-0.2, -0.15) is 0 Å². The summed E-state index contributed by atoms with van der Waals surface area (Å²) in [5.74, 6) is -1.33. The fourth-order valence-corrected chi connectivity index (χ4v) is 2.30. The lowest BCUT2D eigenvalue weighted by Crippen LogP contribution is -2.54. The van der Waals surface area contributed by atoms with Crippen LogP contribution in [0.3, 0.4) is 0 Å². The molecule has 0 aliphatic rings. The van der Waals surface area contributed by atoms with Gasteiger partial charge in [-0.15, -0.1) is 0 Å². The highest BCUT2D eigenvalue weighted by molar-refractivity contribution is 5.81. The maximum Gasteiger partial charge on any atom is 0.408 e. The van der Waals surface area contributed by atoms with Crippen molar-refractivity contribution in [1.82, 2.24) is 10.6 Å². The van der Waals surface area contributed by atoms with Crippen LogP contribution < -0.4 is 10.6 Å². The molecule has 0 saturated carbocycles. The van der Waals surface area contributed by atoms with Gasteiger partial charge in [0.25, 0.3) is 0 Å². The van der Waals surface area contributed by atoms with E-state index in [2.05, 4.69) is 10.6 Å². The number of carboxylic acid groups (broad SMARTS) is 1. The van der Waals surface area contributed by atoms with Gasteiger partial charge in [0.05, 0.1) is 6.61 Å². The lowest BCUT2D eigenvalue weighted by Gasteiger charge is -2.28. The van der Waals surface area contributed by atoms with Crippen molar-refractivity contribution < 1.29 is 33.7 Å². The Morgan fingerprint density at radius 3 is 1.97 bits per heavy atom. The zero-order valence-corrected chi connectivity index (χ0v) is 18.4. The van der Waals surface area contributed by atoms with E-state index in [0.29, 0.717) is 0 Å². The molecule has 9 nitrogen and oxygen atoms in total. The highest BCUT2D eigenvalue weighted by Crippen LogP contribution is 2.11. The van der Waals surface area contributed by atoms with Crippen molar-refractivity contribution in [1.29, 1.82) is 0 Å². The second-order valence-corrected chi connectivity index (χ2v) is 8.68. The molecule has 0 radical (unpaired) electrons. The Balaban J connectivity index is 2.91.